The zero-order valence-corrected chi connectivity index (χ0v) is 13.1. The summed E-state index contributed by atoms with van der Waals surface area (Å²) in [5.41, 5.74) is -0.486. The average molecular weight is 383 g/mol. The second-order valence-corrected chi connectivity index (χ2v) is 5.45. The molecular formula is C13H11BrN4O5. The van der Waals surface area contributed by atoms with E-state index in [1.807, 2.05) is 0 Å². The quantitative estimate of drug-likeness (QED) is 0.189. The van der Waals surface area contributed by atoms with Crippen LogP contribution in [0.1, 0.15) is 5.56 Å². The Morgan fingerprint density at radius 2 is 1.87 bits per heavy atom. The highest BCUT2D eigenvalue weighted by Crippen LogP contribution is 2.21. The summed E-state index contributed by atoms with van der Waals surface area (Å²) in [7, 11) is 0. The van der Waals surface area contributed by atoms with Gasteiger partial charge in [-0.05, 0) is 17.7 Å². The minimum absolute atomic E-state index is 0.110. The Balaban J connectivity index is 2.41. The van der Waals surface area contributed by atoms with Crippen LogP contribution in [0.15, 0.2) is 38.3 Å². The maximum Gasteiger partial charge on any atom is 0.328 e. The van der Waals surface area contributed by atoms with Crippen molar-refractivity contribution in [2.24, 2.45) is 5.84 Å². The number of hydrogen-bond acceptors (Lipinski definition) is 5. The highest BCUT2D eigenvalue weighted by Gasteiger charge is 2.12. The Kier molecular flexibility index (Phi) is 4.77. The molecule has 0 saturated heterocycles. The van der Waals surface area contributed by atoms with Gasteiger partial charge in [0.15, 0.2) is 0 Å². The van der Waals surface area contributed by atoms with Gasteiger partial charge >= 0.3 is 17.1 Å². The van der Waals surface area contributed by atoms with Crippen molar-refractivity contribution in [1.82, 2.24) is 15.0 Å². The van der Waals surface area contributed by atoms with Crippen LogP contribution in [0.5, 0.6) is 0 Å². The Morgan fingerprint density at radius 1 is 1.22 bits per heavy atom. The van der Waals surface area contributed by atoms with Gasteiger partial charge in [0, 0.05) is 16.6 Å². The number of carbonyl (C=O) groups excluding carboxylic acids is 1. The number of rotatable bonds is 4. The van der Waals surface area contributed by atoms with Gasteiger partial charge in [0.05, 0.1) is 17.6 Å². The van der Waals surface area contributed by atoms with Gasteiger partial charge in [-0.25, -0.2) is 10.6 Å². The number of carboxylic acid groups (broad SMARTS) is 1. The molecule has 0 spiro atoms. The highest BCUT2D eigenvalue weighted by atomic mass is 79.9. The number of amides is 1. The third kappa shape index (κ3) is 3.93. The fourth-order valence-corrected chi connectivity index (χ4v) is 2.39. The van der Waals surface area contributed by atoms with E-state index in [9.17, 15) is 19.2 Å². The minimum atomic E-state index is -1.28. The lowest BCUT2D eigenvalue weighted by molar-refractivity contribution is -0.132. The molecule has 0 aliphatic heterocycles. The van der Waals surface area contributed by atoms with Crippen LogP contribution in [-0.2, 0) is 16.1 Å². The van der Waals surface area contributed by atoms with Crippen molar-refractivity contribution in [3.63, 3.8) is 0 Å². The summed E-state index contributed by atoms with van der Waals surface area (Å²) < 4.78 is 0.602. The van der Waals surface area contributed by atoms with Crippen LogP contribution in [0, 0.1) is 0 Å². The van der Waals surface area contributed by atoms with E-state index in [2.05, 4.69) is 25.9 Å². The van der Waals surface area contributed by atoms with Gasteiger partial charge in [-0.15, -0.1) is 0 Å². The molecule has 9 nitrogen and oxygen atoms in total. The molecule has 0 aliphatic rings. The molecule has 0 unspecified atom stereocenters. The first-order valence-electron chi connectivity index (χ1n) is 6.20. The van der Waals surface area contributed by atoms with Crippen molar-refractivity contribution in [3.05, 3.63) is 55.0 Å². The molecule has 1 heterocycles. The molecular weight excluding hydrogens is 372 g/mol. The van der Waals surface area contributed by atoms with E-state index in [0.717, 1.165) is 11.1 Å². The number of nitrogens with two attached hydrogens (primary N) is 1. The number of aromatic amines is 2. The standard InChI is InChI=1S/C13H11BrN4O5/c14-7-3-6(5-18(15)9(19)1-2-10(20)21)11-8(4-7)16-12(22)13(23)17-11/h1-4H,5,15H2,(H,16,22)(H,17,23)(H,20,21). The fourth-order valence-electron chi connectivity index (χ4n) is 1.88. The average Bonchev–Trinajstić information content (AvgIpc) is 2.46. The number of benzene rings is 1. The van der Waals surface area contributed by atoms with Gasteiger partial charge in [-0.3, -0.25) is 19.4 Å². The molecule has 2 aromatic rings. The molecule has 1 amide bonds. The predicted octanol–water partition coefficient (Wildman–Crippen LogP) is -0.178. The number of carbonyl (C=O) groups is 2. The molecule has 0 atom stereocenters. The number of carboxylic acids is 1. The molecule has 0 aliphatic carbocycles. The molecule has 0 fully saturated rings. The summed E-state index contributed by atoms with van der Waals surface area (Å²) in [5, 5.41) is 9.27. The van der Waals surface area contributed by atoms with Gasteiger partial charge in [0.25, 0.3) is 5.91 Å². The van der Waals surface area contributed by atoms with Gasteiger partial charge in [-0.2, -0.15) is 0 Å². The minimum Gasteiger partial charge on any atom is -0.478 e. The molecule has 1 aromatic heterocycles. The Bertz CT molecular complexity index is 930. The van der Waals surface area contributed by atoms with E-state index in [1.165, 1.54) is 0 Å². The van der Waals surface area contributed by atoms with Crippen LogP contribution in [0.25, 0.3) is 11.0 Å². The largest absolute Gasteiger partial charge is 0.478 e. The molecule has 0 saturated carbocycles. The van der Waals surface area contributed by atoms with Gasteiger partial charge in [-0.1, -0.05) is 15.9 Å². The molecule has 0 radical (unpaired) electrons. The van der Waals surface area contributed by atoms with Gasteiger partial charge < -0.3 is 15.1 Å². The number of hydrazine groups is 1. The van der Waals surface area contributed by atoms with Crippen molar-refractivity contribution >= 4 is 38.8 Å². The van der Waals surface area contributed by atoms with Crippen molar-refractivity contribution in [1.29, 1.82) is 0 Å². The van der Waals surface area contributed by atoms with Crippen LogP contribution in [0.2, 0.25) is 0 Å². The first-order valence-corrected chi connectivity index (χ1v) is 6.99. The number of halogens is 1. The molecule has 0 bridgehead atoms. The SMILES string of the molecule is NN(Cc1cc(Br)cc2[nH]c(=O)c(=O)[nH]c12)C(=O)C=CC(=O)O. The molecule has 5 N–H and O–H groups in total. The summed E-state index contributed by atoms with van der Waals surface area (Å²) in [4.78, 5) is 49.8. The lowest BCUT2D eigenvalue weighted by Crippen LogP contribution is -2.36. The molecule has 23 heavy (non-hydrogen) atoms. The van der Waals surface area contributed by atoms with E-state index in [4.69, 9.17) is 10.9 Å². The topological polar surface area (TPSA) is 149 Å². The summed E-state index contributed by atoms with van der Waals surface area (Å²) in [5.74, 6) is 3.60. The Labute approximate surface area is 136 Å². The van der Waals surface area contributed by atoms with Crippen molar-refractivity contribution in [2.45, 2.75) is 6.54 Å². The smallest absolute Gasteiger partial charge is 0.328 e. The second-order valence-electron chi connectivity index (χ2n) is 4.53. The Hall–Kier alpha value is -2.72. The van der Waals surface area contributed by atoms with Crippen molar-refractivity contribution in [3.8, 4) is 0 Å². The third-order valence-electron chi connectivity index (χ3n) is 2.87. The zero-order chi connectivity index (χ0) is 17.1. The number of fused-ring (bicyclic) bond motifs is 1. The molecule has 1 aromatic carbocycles. The van der Waals surface area contributed by atoms with E-state index in [1.54, 1.807) is 12.1 Å². The van der Waals surface area contributed by atoms with Gasteiger partial charge in [0.2, 0.25) is 0 Å². The normalized spacial score (nSPS) is 11.0. The molecule has 2 rings (SSSR count). The van der Waals surface area contributed by atoms with Crippen LogP contribution >= 0.6 is 15.9 Å². The first kappa shape index (κ1) is 16.6. The number of aliphatic carboxylic acids is 1. The number of aromatic nitrogens is 2. The molecule has 120 valence electrons. The summed E-state index contributed by atoms with van der Waals surface area (Å²) in [6, 6.07) is 3.20. The maximum atomic E-state index is 11.7. The third-order valence-corrected chi connectivity index (χ3v) is 3.33. The number of nitrogens with zero attached hydrogens (tertiary/aromatic N) is 1. The van der Waals surface area contributed by atoms with Crippen LogP contribution in [0.4, 0.5) is 0 Å². The second kappa shape index (κ2) is 6.58. The number of hydrogen-bond donors (Lipinski definition) is 4. The van der Waals surface area contributed by atoms with Crippen molar-refractivity contribution in [2.75, 3.05) is 0 Å². The lowest BCUT2D eigenvalue weighted by Gasteiger charge is -2.16. The maximum absolute atomic E-state index is 11.7. The fraction of sp³-hybridized carbons (Fsp3) is 0.0769. The van der Waals surface area contributed by atoms with E-state index >= 15 is 0 Å². The Morgan fingerprint density at radius 3 is 2.52 bits per heavy atom. The van der Waals surface area contributed by atoms with Gasteiger partial charge in [0.1, 0.15) is 0 Å². The van der Waals surface area contributed by atoms with E-state index in [-0.39, 0.29) is 6.54 Å². The summed E-state index contributed by atoms with van der Waals surface area (Å²) in [6.45, 7) is -0.110. The summed E-state index contributed by atoms with van der Waals surface area (Å²) >= 11 is 3.25. The van der Waals surface area contributed by atoms with Crippen LogP contribution < -0.4 is 17.0 Å². The lowest BCUT2D eigenvalue weighted by atomic mass is 10.1. The van der Waals surface area contributed by atoms with Crippen LogP contribution in [0.3, 0.4) is 0 Å². The van der Waals surface area contributed by atoms with E-state index in [0.29, 0.717) is 27.1 Å². The van der Waals surface area contributed by atoms with E-state index < -0.39 is 23.0 Å². The van der Waals surface area contributed by atoms with Crippen LogP contribution in [-0.4, -0.2) is 32.0 Å². The first-order chi connectivity index (χ1) is 10.8. The number of nitrogens with one attached hydrogen (secondary N) is 2. The number of H-pyrrole nitrogens is 2. The highest BCUT2D eigenvalue weighted by molar-refractivity contribution is 9.10. The summed E-state index contributed by atoms with van der Waals surface area (Å²) in [6.07, 6.45) is 1.48. The predicted molar refractivity (Wildman–Crippen MR) is 84.4 cm³/mol. The molecule has 10 heteroatoms. The van der Waals surface area contributed by atoms with Crippen molar-refractivity contribution < 1.29 is 14.7 Å². The monoisotopic (exact) mass is 382 g/mol. The zero-order valence-electron chi connectivity index (χ0n) is 11.5.